The van der Waals surface area contributed by atoms with Crippen LogP contribution in [-0.2, 0) is 11.2 Å². The molecule has 2 amide bonds. The van der Waals surface area contributed by atoms with Gasteiger partial charge in [0.05, 0.1) is 12.7 Å². The van der Waals surface area contributed by atoms with E-state index in [0.717, 1.165) is 33.5 Å². The zero-order valence-corrected chi connectivity index (χ0v) is 17.4. The summed E-state index contributed by atoms with van der Waals surface area (Å²) in [6.07, 6.45) is 0.593. The van der Waals surface area contributed by atoms with Gasteiger partial charge in [-0.3, -0.25) is 20.4 Å². The van der Waals surface area contributed by atoms with Crippen LogP contribution in [0.1, 0.15) is 22.3 Å². The van der Waals surface area contributed by atoms with E-state index in [-0.39, 0.29) is 17.9 Å². The van der Waals surface area contributed by atoms with E-state index in [9.17, 15) is 14.0 Å². The molecule has 0 saturated heterocycles. The van der Waals surface area contributed by atoms with Crippen molar-refractivity contribution in [3.05, 3.63) is 89.7 Å². The summed E-state index contributed by atoms with van der Waals surface area (Å²) >= 11 is 0. The highest BCUT2D eigenvalue weighted by atomic mass is 19.1. The number of aromatic nitrogens is 1. The molecule has 1 heterocycles. The van der Waals surface area contributed by atoms with Crippen LogP contribution < -0.4 is 15.6 Å². The van der Waals surface area contributed by atoms with Crippen LogP contribution in [0.3, 0.4) is 0 Å². The molecule has 0 aliphatic rings. The number of carbonyl (C=O) groups excluding carboxylic acids is 2. The maximum absolute atomic E-state index is 13.7. The number of hydrogen-bond donors (Lipinski definition) is 3. The molecule has 0 aliphatic carbocycles. The summed E-state index contributed by atoms with van der Waals surface area (Å²) < 4.78 is 19.0. The molecule has 6 nitrogen and oxygen atoms in total. The first-order valence-electron chi connectivity index (χ1n) is 10.1. The van der Waals surface area contributed by atoms with Gasteiger partial charge < -0.3 is 9.72 Å². The molecule has 162 valence electrons. The van der Waals surface area contributed by atoms with E-state index in [1.54, 1.807) is 13.2 Å². The maximum atomic E-state index is 13.7. The van der Waals surface area contributed by atoms with Crippen LogP contribution in [0.4, 0.5) is 4.39 Å². The molecule has 7 heteroatoms. The first-order valence-corrected chi connectivity index (χ1v) is 10.1. The average Bonchev–Trinajstić information content (AvgIpc) is 3.20. The lowest BCUT2D eigenvalue weighted by Crippen LogP contribution is -2.42. The number of H-pyrrole nitrogens is 1. The van der Waals surface area contributed by atoms with Crippen LogP contribution in [0.5, 0.6) is 5.75 Å². The first-order chi connectivity index (χ1) is 15.6. The Morgan fingerprint density at radius 1 is 0.938 bits per heavy atom. The number of methoxy groups -OCH3 is 1. The highest BCUT2D eigenvalue weighted by Crippen LogP contribution is 2.32. The number of fused-ring (bicyclic) bond motifs is 1. The monoisotopic (exact) mass is 431 g/mol. The van der Waals surface area contributed by atoms with Gasteiger partial charge in [-0.2, -0.15) is 0 Å². The van der Waals surface area contributed by atoms with Gasteiger partial charge in [-0.15, -0.1) is 0 Å². The predicted molar refractivity (Wildman–Crippen MR) is 121 cm³/mol. The highest BCUT2D eigenvalue weighted by molar-refractivity contribution is 5.96. The third-order valence-corrected chi connectivity index (χ3v) is 5.23. The van der Waals surface area contributed by atoms with Crippen molar-refractivity contribution in [3.63, 3.8) is 0 Å². The molecule has 32 heavy (non-hydrogen) atoms. The second kappa shape index (κ2) is 9.34. The molecule has 4 aromatic rings. The van der Waals surface area contributed by atoms with Gasteiger partial charge in [0, 0.05) is 23.0 Å². The van der Waals surface area contributed by atoms with Crippen LogP contribution in [-0.4, -0.2) is 23.9 Å². The number of nitrogens with one attached hydrogen (secondary N) is 3. The maximum Gasteiger partial charge on any atom is 0.272 e. The highest BCUT2D eigenvalue weighted by Gasteiger charge is 2.16. The van der Waals surface area contributed by atoms with Gasteiger partial charge in [0.2, 0.25) is 5.91 Å². The van der Waals surface area contributed by atoms with Crippen molar-refractivity contribution >= 4 is 22.7 Å². The number of para-hydroxylation sites is 1. The van der Waals surface area contributed by atoms with Crippen LogP contribution in [0.25, 0.3) is 22.2 Å². The van der Waals surface area contributed by atoms with Gasteiger partial charge in [0.25, 0.3) is 5.91 Å². The Bertz CT molecular complexity index is 1270. The molecule has 0 unspecified atom stereocenters. The Morgan fingerprint density at radius 2 is 1.66 bits per heavy atom. The van der Waals surface area contributed by atoms with Gasteiger partial charge in [-0.25, -0.2) is 4.39 Å². The van der Waals surface area contributed by atoms with Crippen LogP contribution in [0, 0.1) is 5.82 Å². The molecular formula is C25H22FN3O3. The molecule has 0 atom stereocenters. The SMILES string of the molecule is COc1ccc(-c2[nH]c3ccccc3c2CCC(=O)NNC(=O)c2ccccc2F)cc1. The molecule has 4 rings (SSSR count). The van der Waals surface area contributed by atoms with Crippen LogP contribution in [0.2, 0.25) is 0 Å². The lowest BCUT2D eigenvalue weighted by molar-refractivity contribution is -0.121. The van der Waals surface area contributed by atoms with E-state index in [0.29, 0.717) is 6.42 Å². The molecular weight excluding hydrogens is 409 g/mol. The van der Waals surface area contributed by atoms with E-state index in [1.165, 1.54) is 18.2 Å². The summed E-state index contributed by atoms with van der Waals surface area (Å²) in [5.74, 6) is -0.971. The zero-order valence-electron chi connectivity index (χ0n) is 17.4. The Hall–Kier alpha value is -4.13. The number of ether oxygens (including phenoxy) is 1. The van der Waals surface area contributed by atoms with Crippen molar-refractivity contribution in [1.29, 1.82) is 0 Å². The van der Waals surface area contributed by atoms with Gasteiger partial charge in [0.15, 0.2) is 0 Å². The van der Waals surface area contributed by atoms with Crippen molar-refractivity contribution in [1.82, 2.24) is 15.8 Å². The number of aryl methyl sites for hydroxylation is 1. The molecule has 3 N–H and O–H groups in total. The number of hydrazine groups is 1. The number of hydrogen-bond acceptors (Lipinski definition) is 3. The Labute approximate surface area is 184 Å². The minimum Gasteiger partial charge on any atom is -0.497 e. The average molecular weight is 431 g/mol. The van der Waals surface area contributed by atoms with Gasteiger partial charge in [0.1, 0.15) is 11.6 Å². The van der Waals surface area contributed by atoms with Crippen LogP contribution in [0.15, 0.2) is 72.8 Å². The van der Waals surface area contributed by atoms with E-state index in [2.05, 4.69) is 15.8 Å². The summed E-state index contributed by atoms with van der Waals surface area (Å²) in [5.41, 5.74) is 8.37. The van der Waals surface area contributed by atoms with Gasteiger partial charge in [-0.05, 0) is 60.0 Å². The van der Waals surface area contributed by atoms with E-state index < -0.39 is 11.7 Å². The second-order valence-corrected chi connectivity index (χ2v) is 7.23. The fraction of sp³-hybridized carbons (Fsp3) is 0.120. The van der Waals surface area contributed by atoms with Crippen LogP contribution >= 0.6 is 0 Å². The van der Waals surface area contributed by atoms with Crippen molar-refractivity contribution in [3.8, 4) is 17.0 Å². The predicted octanol–water partition coefficient (Wildman–Crippen LogP) is 4.38. The van der Waals surface area contributed by atoms with Crippen molar-refractivity contribution in [2.75, 3.05) is 7.11 Å². The Morgan fingerprint density at radius 3 is 2.41 bits per heavy atom. The quantitative estimate of drug-likeness (QED) is 0.396. The smallest absolute Gasteiger partial charge is 0.272 e. The van der Waals surface area contributed by atoms with E-state index in [4.69, 9.17) is 4.74 Å². The Kier molecular flexibility index (Phi) is 6.17. The minimum atomic E-state index is -0.706. The van der Waals surface area contributed by atoms with Crippen molar-refractivity contribution in [2.45, 2.75) is 12.8 Å². The van der Waals surface area contributed by atoms with Crippen molar-refractivity contribution < 1.29 is 18.7 Å². The standard InChI is InChI=1S/C25H22FN3O3/c1-32-17-12-10-16(11-13-17)24-19(18-6-3-5-9-22(18)27-24)14-15-23(30)28-29-25(31)20-7-2-4-8-21(20)26/h2-13,27H,14-15H2,1H3,(H,28,30)(H,29,31). The molecule has 0 bridgehead atoms. The normalized spacial score (nSPS) is 10.7. The second-order valence-electron chi connectivity index (χ2n) is 7.23. The lowest BCUT2D eigenvalue weighted by Gasteiger charge is -2.09. The summed E-state index contributed by atoms with van der Waals surface area (Å²) in [6, 6.07) is 21.2. The summed E-state index contributed by atoms with van der Waals surface area (Å²) in [5, 5.41) is 1.03. The molecule has 0 spiro atoms. The van der Waals surface area contributed by atoms with E-state index >= 15 is 0 Å². The molecule has 0 aliphatic heterocycles. The molecule has 1 aromatic heterocycles. The number of amides is 2. The molecule has 0 saturated carbocycles. The minimum absolute atomic E-state index is 0.133. The lowest BCUT2D eigenvalue weighted by atomic mass is 10.0. The first kappa shape index (κ1) is 21.1. The fourth-order valence-electron chi connectivity index (χ4n) is 3.60. The molecule has 3 aromatic carbocycles. The fourth-order valence-corrected chi connectivity index (χ4v) is 3.60. The third kappa shape index (κ3) is 4.46. The zero-order chi connectivity index (χ0) is 22.5. The summed E-state index contributed by atoms with van der Waals surface area (Å²) in [7, 11) is 1.62. The number of benzene rings is 3. The number of aromatic amines is 1. The third-order valence-electron chi connectivity index (χ3n) is 5.23. The van der Waals surface area contributed by atoms with E-state index in [1.807, 2.05) is 48.5 Å². The Balaban J connectivity index is 1.48. The number of carbonyl (C=O) groups is 2. The summed E-state index contributed by atoms with van der Waals surface area (Å²) in [6.45, 7) is 0. The van der Waals surface area contributed by atoms with Gasteiger partial charge in [-0.1, -0.05) is 30.3 Å². The molecule has 0 radical (unpaired) electrons. The number of rotatable bonds is 6. The topological polar surface area (TPSA) is 83.2 Å². The van der Waals surface area contributed by atoms with Crippen molar-refractivity contribution in [2.24, 2.45) is 0 Å². The summed E-state index contributed by atoms with van der Waals surface area (Å²) in [4.78, 5) is 27.9. The molecule has 0 fully saturated rings. The number of halogens is 1. The van der Waals surface area contributed by atoms with Gasteiger partial charge >= 0.3 is 0 Å². The largest absolute Gasteiger partial charge is 0.497 e.